The van der Waals surface area contributed by atoms with E-state index in [-0.39, 0.29) is 0 Å². The van der Waals surface area contributed by atoms with Gasteiger partial charge in [-0.15, -0.1) is 15.3 Å². The molecular formula is C17H13N6S2+. The van der Waals surface area contributed by atoms with Crippen LogP contribution in [0.2, 0.25) is 0 Å². The van der Waals surface area contributed by atoms with Crippen molar-refractivity contribution >= 4 is 39.2 Å². The maximum absolute atomic E-state index is 9.51. The van der Waals surface area contributed by atoms with Crippen molar-refractivity contribution in [3.63, 3.8) is 0 Å². The molecule has 1 aromatic carbocycles. The number of aromatic amines is 1. The molecule has 0 fully saturated rings. The van der Waals surface area contributed by atoms with E-state index in [1.165, 1.54) is 0 Å². The molecule has 2 aliphatic heterocycles. The van der Waals surface area contributed by atoms with Gasteiger partial charge in [-0.1, -0.05) is 6.07 Å². The van der Waals surface area contributed by atoms with Gasteiger partial charge in [-0.2, -0.15) is 10.4 Å². The van der Waals surface area contributed by atoms with E-state index < -0.39 is 10.9 Å². The summed E-state index contributed by atoms with van der Waals surface area (Å²) in [7, 11) is -0.426. The third kappa shape index (κ3) is 1.97. The van der Waals surface area contributed by atoms with Crippen molar-refractivity contribution in [3.05, 3.63) is 46.6 Å². The number of hydrogen-bond acceptors (Lipinski definition) is 5. The van der Waals surface area contributed by atoms with Gasteiger partial charge in [-0.05, 0) is 31.5 Å². The number of anilines is 1. The first-order valence-corrected chi connectivity index (χ1v) is 9.70. The second-order valence-electron chi connectivity index (χ2n) is 5.88. The number of H-pyrrole nitrogens is 1. The Labute approximate surface area is 150 Å². The van der Waals surface area contributed by atoms with Crippen molar-refractivity contribution in [1.82, 2.24) is 15.2 Å². The molecule has 1 atom stereocenters. The lowest BCUT2D eigenvalue weighted by Gasteiger charge is -2.00. The Morgan fingerprint density at radius 2 is 2.16 bits per heavy atom. The van der Waals surface area contributed by atoms with E-state index in [0.29, 0.717) is 0 Å². The van der Waals surface area contributed by atoms with Crippen molar-refractivity contribution in [1.29, 1.82) is 5.26 Å². The van der Waals surface area contributed by atoms with Gasteiger partial charge in [-0.3, -0.25) is 9.82 Å². The van der Waals surface area contributed by atoms with Crippen molar-refractivity contribution in [3.8, 4) is 17.5 Å². The van der Waals surface area contributed by atoms with Crippen LogP contribution in [0.4, 0.5) is 11.4 Å². The van der Waals surface area contributed by atoms with E-state index in [1.807, 2.05) is 19.2 Å². The molecule has 122 valence electrons. The highest BCUT2D eigenvalue weighted by Crippen LogP contribution is 2.46. The number of hydrogen-bond donors (Lipinski definition) is 2. The van der Waals surface area contributed by atoms with Crippen LogP contribution in [0.1, 0.15) is 16.0 Å². The first-order chi connectivity index (χ1) is 12.2. The summed E-state index contributed by atoms with van der Waals surface area (Å²) in [4.78, 5) is 6.00. The third-order valence-electron chi connectivity index (χ3n) is 4.34. The molecule has 0 spiro atoms. The maximum atomic E-state index is 9.51. The van der Waals surface area contributed by atoms with E-state index in [9.17, 15) is 5.26 Å². The molecule has 3 aromatic rings. The summed E-state index contributed by atoms with van der Waals surface area (Å²) >= 11 is 1.67. The van der Waals surface area contributed by atoms with Gasteiger partial charge in [0.2, 0.25) is 21.4 Å². The van der Waals surface area contributed by atoms with Gasteiger partial charge >= 0.3 is 0 Å². The largest absolute Gasteiger partial charge is 0.276 e. The van der Waals surface area contributed by atoms with Crippen LogP contribution in [0.25, 0.3) is 17.0 Å². The van der Waals surface area contributed by atoms with Crippen LogP contribution in [-0.2, 0) is 10.9 Å². The van der Waals surface area contributed by atoms with Crippen molar-refractivity contribution in [2.75, 3.05) is 4.72 Å². The van der Waals surface area contributed by atoms with E-state index in [0.717, 1.165) is 48.7 Å². The molecule has 0 bridgehead atoms. The van der Waals surface area contributed by atoms with Gasteiger partial charge in [0.05, 0.1) is 11.3 Å². The minimum atomic E-state index is -0.426. The molecular weight excluding hydrogens is 352 g/mol. The summed E-state index contributed by atoms with van der Waals surface area (Å²) in [5.74, 6) is 0. The molecule has 0 amide bonds. The number of allylic oxidation sites excluding steroid dienone is 1. The monoisotopic (exact) mass is 365 g/mol. The second kappa shape index (κ2) is 5.12. The lowest BCUT2D eigenvalue weighted by atomic mass is 10.0. The molecule has 2 N–H and O–H groups in total. The first-order valence-electron chi connectivity index (χ1n) is 7.70. The average Bonchev–Trinajstić information content (AvgIpc) is 3.36. The van der Waals surface area contributed by atoms with Crippen LogP contribution >= 0.6 is 11.3 Å². The number of aryl methyl sites for hydroxylation is 2. The standard InChI is InChI=1S/C17H12N6S2/c1-9-3-4-13-16-14(9)11(7-18)8-23(16)25(22-13)17-20-15(10(2)24-17)12-5-6-19-21-12/h3-6,8H,1-2H3,(H,19,21)/p+1. The zero-order valence-electron chi connectivity index (χ0n) is 13.5. The highest BCUT2D eigenvalue weighted by molar-refractivity contribution is 7.88. The zero-order valence-corrected chi connectivity index (χ0v) is 15.1. The molecule has 0 saturated heterocycles. The summed E-state index contributed by atoms with van der Waals surface area (Å²) in [6.45, 7) is 4.12. The normalized spacial score (nSPS) is 17.2. The third-order valence-corrected chi connectivity index (χ3v) is 7.35. The summed E-state index contributed by atoms with van der Waals surface area (Å²) in [5.41, 5.74) is 6.88. The Balaban J connectivity index is 1.71. The maximum Gasteiger partial charge on any atom is 0.253 e. The Bertz CT molecular complexity index is 1140. The SMILES string of the molecule is Cc1ccc2c3c1C(C#N)=C[N+]3=S(c1nc(-c3ccn[nH]3)c(C)s1)N2. The van der Waals surface area contributed by atoms with Gasteiger partial charge in [0.15, 0.2) is 0 Å². The Kier molecular flexibility index (Phi) is 2.98. The minimum Gasteiger partial charge on any atom is -0.276 e. The highest BCUT2D eigenvalue weighted by Gasteiger charge is 2.40. The zero-order chi connectivity index (χ0) is 17.1. The van der Waals surface area contributed by atoms with Crippen LogP contribution in [0.15, 0.2) is 34.9 Å². The number of thiazole rings is 1. The number of aromatic nitrogens is 3. The van der Waals surface area contributed by atoms with Crippen LogP contribution in [0.3, 0.4) is 0 Å². The summed E-state index contributed by atoms with van der Waals surface area (Å²) in [6, 6.07) is 8.40. The molecule has 2 aromatic heterocycles. The van der Waals surface area contributed by atoms with E-state index in [1.54, 1.807) is 17.5 Å². The van der Waals surface area contributed by atoms with Crippen molar-refractivity contribution in [2.45, 2.75) is 18.2 Å². The molecule has 25 heavy (non-hydrogen) atoms. The molecule has 8 heteroatoms. The molecule has 0 saturated carbocycles. The van der Waals surface area contributed by atoms with E-state index >= 15 is 0 Å². The van der Waals surface area contributed by atoms with Crippen LogP contribution in [-0.4, -0.2) is 19.1 Å². The molecule has 6 nitrogen and oxygen atoms in total. The fourth-order valence-corrected chi connectivity index (χ4v) is 6.39. The van der Waals surface area contributed by atoms with Gasteiger partial charge in [0.1, 0.15) is 23.0 Å². The van der Waals surface area contributed by atoms with E-state index in [4.69, 9.17) is 4.98 Å². The minimum absolute atomic E-state index is 0.426. The smallest absolute Gasteiger partial charge is 0.253 e. The van der Waals surface area contributed by atoms with Crippen molar-refractivity contribution < 1.29 is 3.95 Å². The molecule has 2 aliphatic rings. The number of nitriles is 1. The van der Waals surface area contributed by atoms with Gasteiger partial charge < -0.3 is 0 Å². The van der Waals surface area contributed by atoms with Gasteiger partial charge in [0.25, 0.3) is 5.69 Å². The molecule has 4 heterocycles. The van der Waals surface area contributed by atoms with Crippen LogP contribution in [0.5, 0.6) is 0 Å². The average molecular weight is 365 g/mol. The predicted molar refractivity (Wildman–Crippen MR) is 98.4 cm³/mol. The topological polar surface area (TPSA) is 80.4 Å². The van der Waals surface area contributed by atoms with Gasteiger partial charge in [-0.25, -0.2) is 4.98 Å². The summed E-state index contributed by atoms with van der Waals surface area (Å²) < 4.78 is 6.73. The number of rotatable bonds is 2. The molecule has 1 unspecified atom stereocenters. The summed E-state index contributed by atoms with van der Waals surface area (Å²) in [6.07, 6.45) is 3.67. The Hall–Kier alpha value is -2.76. The lowest BCUT2D eigenvalue weighted by molar-refractivity contribution is -0.321. The van der Waals surface area contributed by atoms with Crippen LogP contribution in [0, 0.1) is 25.2 Å². The summed E-state index contributed by atoms with van der Waals surface area (Å²) in [5, 5.41) is 16.5. The van der Waals surface area contributed by atoms with Gasteiger partial charge in [0, 0.05) is 11.1 Å². The Morgan fingerprint density at radius 1 is 1.28 bits per heavy atom. The second-order valence-corrected chi connectivity index (χ2v) is 8.89. The van der Waals surface area contributed by atoms with Crippen molar-refractivity contribution in [2.24, 2.45) is 0 Å². The molecule has 5 rings (SSSR count). The lowest BCUT2D eigenvalue weighted by Crippen LogP contribution is -2.06. The Morgan fingerprint density at radius 3 is 2.92 bits per heavy atom. The predicted octanol–water partition coefficient (Wildman–Crippen LogP) is 3.87. The number of nitrogens with one attached hydrogen (secondary N) is 2. The quantitative estimate of drug-likeness (QED) is 0.676. The molecule has 0 radical (unpaired) electrons. The molecule has 0 aliphatic carbocycles. The number of nitrogens with zero attached hydrogens (tertiary/aromatic N) is 4. The first kappa shape index (κ1) is 14.6. The fourth-order valence-electron chi connectivity index (χ4n) is 3.19. The highest BCUT2D eigenvalue weighted by atomic mass is 32.2. The fraction of sp³-hybridized carbons (Fsp3) is 0.118. The number of benzene rings is 1. The van der Waals surface area contributed by atoms with Crippen LogP contribution < -0.4 is 4.72 Å². The van der Waals surface area contributed by atoms with E-state index in [2.05, 4.69) is 44.0 Å².